The molecule has 0 fully saturated rings. The first kappa shape index (κ1) is 16.7. The van der Waals surface area contributed by atoms with Crippen LogP contribution in [0.1, 0.15) is 10.7 Å². The van der Waals surface area contributed by atoms with Crippen LogP contribution in [0, 0.1) is 13.8 Å². The zero-order valence-electron chi connectivity index (χ0n) is 13.5. The minimum atomic E-state index is -0.725. The van der Waals surface area contributed by atoms with Crippen LogP contribution in [0.25, 0.3) is 0 Å². The lowest BCUT2D eigenvalue weighted by Crippen LogP contribution is -2.18. The second-order valence-corrected chi connectivity index (χ2v) is 6.25. The van der Waals surface area contributed by atoms with Crippen LogP contribution in [-0.2, 0) is 0 Å². The van der Waals surface area contributed by atoms with E-state index in [-0.39, 0.29) is 17.4 Å². The molecule has 8 nitrogen and oxygen atoms in total. The number of ether oxygens (including phenoxy) is 1. The molecule has 0 saturated heterocycles. The minimum Gasteiger partial charge on any atom is -0.506 e. The van der Waals surface area contributed by atoms with Crippen LogP contribution in [0.15, 0.2) is 36.7 Å². The van der Waals surface area contributed by atoms with Crippen molar-refractivity contribution in [3.8, 4) is 11.6 Å². The van der Waals surface area contributed by atoms with Crippen LogP contribution in [0.5, 0.6) is 11.6 Å². The van der Waals surface area contributed by atoms with E-state index in [1.807, 2.05) is 13.0 Å². The summed E-state index contributed by atoms with van der Waals surface area (Å²) in [7, 11) is 0. The smallest absolute Gasteiger partial charge is 0.419 e. The van der Waals surface area contributed by atoms with E-state index in [2.05, 4.69) is 25.6 Å². The molecule has 3 aromatic heterocycles. The van der Waals surface area contributed by atoms with Crippen LogP contribution in [0.3, 0.4) is 0 Å². The first-order chi connectivity index (χ1) is 12.0. The van der Waals surface area contributed by atoms with Crippen LogP contribution in [-0.4, -0.2) is 26.2 Å². The summed E-state index contributed by atoms with van der Waals surface area (Å²) in [5.74, 6) is 0.491. The summed E-state index contributed by atoms with van der Waals surface area (Å²) in [6.07, 6.45) is 2.60. The third-order valence-corrected chi connectivity index (χ3v) is 3.97. The highest BCUT2D eigenvalue weighted by molar-refractivity contribution is 7.16. The molecular formula is C16H15N5O3S. The predicted octanol–water partition coefficient (Wildman–Crippen LogP) is 3.61. The summed E-state index contributed by atoms with van der Waals surface area (Å²) in [4.78, 5) is 24.4. The monoisotopic (exact) mass is 357 g/mol. The van der Waals surface area contributed by atoms with Gasteiger partial charge >= 0.3 is 6.09 Å². The number of carbonyl (C=O) groups is 1. The van der Waals surface area contributed by atoms with Gasteiger partial charge in [0, 0.05) is 6.20 Å². The molecule has 0 atom stereocenters. The Balaban J connectivity index is 1.71. The molecule has 0 radical (unpaired) electrons. The minimum absolute atomic E-state index is 0.0528. The SMILES string of the molecule is Cc1nc(OC(=O)Nc2ccc(O)c(C)n2)c(Nc2cccnc2)s1. The van der Waals surface area contributed by atoms with Gasteiger partial charge in [-0.1, -0.05) is 11.3 Å². The molecule has 0 aliphatic heterocycles. The standard InChI is InChI=1S/C16H15N5O3S/c1-9-12(22)5-6-13(18-9)21-16(23)24-14-15(25-10(2)19-14)20-11-4-3-7-17-8-11/h3-8,20,22H,1-2H3,(H,18,21,23). The Labute approximate surface area is 147 Å². The van der Waals surface area contributed by atoms with Crippen molar-refractivity contribution in [2.75, 3.05) is 10.6 Å². The summed E-state index contributed by atoms with van der Waals surface area (Å²) in [6, 6.07) is 6.56. The highest BCUT2D eigenvalue weighted by atomic mass is 32.1. The highest BCUT2D eigenvalue weighted by Gasteiger charge is 2.16. The number of amides is 1. The second-order valence-electron chi connectivity index (χ2n) is 5.05. The summed E-state index contributed by atoms with van der Waals surface area (Å²) in [5.41, 5.74) is 1.16. The molecule has 0 aliphatic rings. The molecule has 0 unspecified atom stereocenters. The summed E-state index contributed by atoms with van der Waals surface area (Å²) < 4.78 is 5.28. The number of anilines is 3. The summed E-state index contributed by atoms with van der Waals surface area (Å²) in [5, 5.41) is 16.4. The zero-order chi connectivity index (χ0) is 17.8. The highest BCUT2D eigenvalue weighted by Crippen LogP contribution is 2.33. The molecule has 3 aromatic rings. The molecule has 3 heterocycles. The van der Waals surface area contributed by atoms with Gasteiger partial charge in [0.25, 0.3) is 5.88 Å². The third-order valence-electron chi connectivity index (χ3n) is 3.10. The molecule has 0 aliphatic carbocycles. The van der Waals surface area contributed by atoms with Crippen LogP contribution >= 0.6 is 11.3 Å². The van der Waals surface area contributed by atoms with Gasteiger partial charge in [0.05, 0.1) is 22.6 Å². The van der Waals surface area contributed by atoms with E-state index in [0.29, 0.717) is 10.7 Å². The van der Waals surface area contributed by atoms with E-state index >= 15 is 0 Å². The Kier molecular flexibility index (Phi) is 4.75. The van der Waals surface area contributed by atoms with Gasteiger partial charge in [-0.3, -0.25) is 10.3 Å². The van der Waals surface area contributed by atoms with Gasteiger partial charge in [-0.15, -0.1) is 0 Å². The van der Waals surface area contributed by atoms with Gasteiger partial charge in [0.2, 0.25) is 0 Å². The number of hydrogen-bond donors (Lipinski definition) is 3. The van der Waals surface area contributed by atoms with Crippen LogP contribution in [0.4, 0.5) is 21.3 Å². The number of rotatable bonds is 4. The molecule has 0 aromatic carbocycles. The van der Waals surface area contributed by atoms with E-state index < -0.39 is 6.09 Å². The number of hydrogen-bond acceptors (Lipinski definition) is 8. The van der Waals surface area contributed by atoms with Gasteiger partial charge in [0.15, 0.2) is 5.00 Å². The maximum absolute atomic E-state index is 12.1. The maximum Gasteiger partial charge on any atom is 0.419 e. The van der Waals surface area contributed by atoms with Gasteiger partial charge in [0.1, 0.15) is 11.6 Å². The molecule has 0 saturated carbocycles. The number of nitrogens with one attached hydrogen (secondary N) is 2. The van der Waals surface area contributed by atoms with Gasteiger partial charge in [-0.25, -0.2) is 14.8 Å². The summed E-state index contributed by atoms with van der Waals surface area (Å²) in [6.45, 7) is 3.44. The lowest BCUT2D eigenvalue weighted by Gasteiger charge is -2.08. The largest absolute Gasteiger partial charge is 0.506 e. The summed E-state index contributed by atoms with van der Waals surface area (Å²) >= 11 is 1.36. The normalized spacial score (nSPS) is 10.3. The van der Waals surface area contributed by atoms with Crippen molar-refractivity contribution in [3.63, 3.8) is 0 Å². The van der Waals surface area contributed by atoms with Crippen molar-refractivity contribution in [3.05, 3.63) is 47.4 Å². The molecule has 3 rings (SSSR count). The van der Waals surface area contributed by atoms with E-state index in [1.165, 1.54) is 23.5 Å². The van der Waals surface area contributed by atoms with Gasteiger partial charge in [-0.05, 0) is 38.1 Å². The van der Waals surface area contributed by atoms with Gasteiger partial charge in [-0.2, -0.15) is 0 Å². The van der Waals surface area contributed by atoms with Crippen molar-refractivity contribution < 1.29 is 14.6 Å². The zero-order valence-corrected chi connectivity index (χ0v) is 14.3. The first-order valence-corrected chi connectivity index (χ1v) is 8.13. The lowest BCUT2D eigenvalue weighted by atomic mass is 10.3. The van der Waals surface area contributed by atoms with Crippen molar-refractivity contribution in [1.29, 1.82) is 0 Å². The van der Waals surface area contributed by atoms with Crippen LogP contribution < -0.4 is 15.4 Å². The fraction of sp³-hybridized carbons (Fsp3) is 0.125. The third kappa shape index (κ3) is 4.21. The number of pyridine rings is 2. The number of aryl methyl sites for hydroxylation is 2. The fourth-order valence-corrected chi connectivity index (χ4v) is 2.73. The average molecular weight is 357 g/mol. The topological polar surface area (TPSA) is 109 Å². The number of aromatic hydroxyl groups is 1. The number of carbonyl (C=O) groups excluding carboxylic acids is 1. The van der Waals surface area contributed by atoms with Crippen molar-refractivity contribution in [2.24, 2.45) is 0 Å². The van der Waals surface area contributed by atoms with Crippen molar-refractivity contribution >= 4 is 33.9 Å². The quantitative estimate of drug-likeness (QED) is 0.654. The number of thiazole rings is 1. The number of aromatic nitrogens is 3. The molecule has 0 bridgehead atoms. The Morgan fingerprint density at radius 2 is 2.08 bits per heavy atom. The van der Waals surface area contributed by atoms with Gasteiger partial charge < -0.3 is 15.2 Å². The molecule has 25 heavy (non-hydrogen) atoms. The second kappa shape index (κ2) is 7.14. The molecule has 3 N–H and O–H groups in total. The van der Waals surface area contributed by atoms with E-state index in [4.69, 9.17) is 4.74 Å². The molecule has 0 spiro atoms. The Bertz CT molecular complexity index is 898. The first-order valence-electron chi connectivity index (χ1n) is 7.31. The molecule has 1 amide bonds. The number of nitrogens with zero attached hydrogens (tertiary/aromatic N) is 3. The van der Waals surface area contributed by atoms with Crippen molar-refractivity contribution in [1.82, 2.24) is 15.0 Å². The fourth-order valence-electron chi connectivity index (χ4n) is 1.97. The maximum atomic E-state index is 12.1. The Hall–Kier alpha value is -3.20. The predicted molar refractivity (Wildman–Crippen MR) is 94.7 cm³/mol. The van der Waals surface area contributed by atoms with E-state index in [9.17, 15) is 9.90 Å². The van der Waals surface area contributed by atoms with E-state index in [1.54, 1.807) is 25.4 Å². The van der Waals surface area contributed by atoms with Crippen LogP contribution in [0.2, 0.25) is 0 Å². The van der Waals surface area contributed by atoms with E-state index in [0.717, 1.165) is 10.7 Å². The molecule has 9 heteroatoms. The molecular weight excluding hydrogens is 342 g/mol. The lowest BCUT2D eigenvalue weighted by molar-refractivity contribution is 0.213. The Morgan fingerprint density at radius 3 is 2.80 bits per heavy atom. The Morgan fingerprint density at radius 1 is 1.24 bits per heavy atom. The molecule has 128 valence electrons. The van der Waals surface area contributed by atoms with Crippen molar-refractivity contribution in [2.45, 2.75) is 13.8 Å². The average Bonchev–Trinajstić information content (AvgIpc) is 2.91.